The first-order chi connectivity index (χ1) is 25.5. The number of carbonyl (C=O) groups excluding carboxylic acids is 3. The molecule has 5 rings (SSSR count). The maximum atomic E-state index is 14.1. The minimum Gasteiger partial charge on any atom is -0.466 e. The van der Waals surface area contributed by atoms with Gasteiger partial charge >= 0.3 is 12.3 Å². The summed E-state index contributed by atoms with van der Waals surface area (Å²) in [5.74, 6) is -1.03. The highest BCUT2D eigenvalue weighted by Gasteiger charge is 2.33. The smallest absolute Gasteiger partial charge is 0.466 e. The van der Waals surface area contributed by atoms with Gasteiger partial charge in [0.25, 0.3) is 5.91 Å². The molecule has 0 fully saturated rings. The number of hydrogen-bond donors (Lipinski definition) is 2. The van der Waals surface area contributed by atoms with Crippen molar-refractivity contribution in [3.05, 3.63) is 126 Å². The maximum Gasteiger partial charge on any atom is 0.573 e. The number of amides is 2. The number of fused-ring (bicyclic) bond motifs is 1. The van der Waals surface area contributed by atoms with Crippen molar-refractivity contribution in [1.29, 1.82) is 0 Å². The molecule has 2 atom stereocenters. The molecule has 4 aromatic rings. The Labute approximate surface area is 308 Å². The molecule has 3 aromatic carbocycles. The highest BCUT2D eigenvalue weighted by Crippen LogP contribution is 2.39. The van der Waals surface area contributed by atoms with Gasteiger partial charge in [0.1, 0.15) is 17.3 Å². The first-order valence-electron chi connectivity index (χ1n) is 17.6. The number of allylic oxidation sites excluding steroid dienone is 2. The summed E-state index contributed by atoms with van der Waals surface area (Å²) in [4.78, 5) is 38.5. The zero-order valence-electron chi connectivity index (χ0n) is 30.1. The van der Waals surface area contributed by atoms with Crippen LogP contribution in [0.3, 0.4) is 0 Å². The van der Waals surface area contributed by atoms with E-state index < -0.39 is 29.9 Å². The second-order valence-corrected chi connectivity index (χ2v) is 12.3. The number of furan rings is 1. The Morgan fingerprint density at radius 1 is 0.962 bits per heavy atom. The Hall–Kier alpha value is -5.58. The predicted octanol–water partition coefficient (Wildman–Crippen LogP) is 9.99. The number of halogens is 3. The van der Waals surface area contributed by atoms with Crippen LogP contribution in [-0.2, 0) is 20.7 Å². The molecule has 0 aliphatic heterocycles. The Kier molecular flexibility index (Phi) is 14.6. The van der Waals surface area contributed by atoms with Gasteiger partial charge in [0.15, 0.2) is 0 Å². The molecular weight excluding hydrogens is 685 g/mol. The number of nitrogens with one attached hydrogen (secondary N) is 2. The number of anilines is 1. The molecule has 1 aliphatic carbocycles. The van der Waals surface area contributed by atoms with E-state index in [0.29, 0.717) is 29.7 Å². The first-order valence-corrected chi connectivity index (χ1v) is 17.6. The SMILES string of the molecule is C=CC.CCCC(c1ccc(C(=O)NCCC(=O)OCC)cc1)C(C(=O)Nc1ccc(-c2cc3c(o2)CCC=C3)cc1)c1ccc(OC(F)(F)F)cc1. The molecule has 1 aliphatic rings. The lowest BCUT2D eigenvalue weighted by Gasteiger charge is -2.28. The number of esters is 1. The van der Waals surface area contributed by atoms with Gasteiger partial charge in [0, 0.05) is 35.3 Å². The van der Waals surface area contributed by atoms with Crippen LogP contribution in [0.4, 0.5) is 18.9 Å². The monoisotopic (exact) mass is 730 g/mol. The van der Waals surface area contributed by atoms with Crippen molar-refractivity contribution in [3.63, 3.8) is 0 Å². The average molecular weight is 731 g/mol. The molecular formula is C42H45F3N2O6. The zero-order valence-corrected chi connectivity index (χ0v) is 30.1. The van der Waals surface area contributed by atoms with Crippen LogP contribution in [-0.4, -0.2) is 37.3 Å². The summed E-state index contributed by atoms with van der Waals surface area (Å²) in [5.41, 5.74) is 4.11. The van der Waals surface area contributed by atoms with E-state index in [1.807, 2.05) is 38.1 Å². The molecule has 0 saturated heterocycles. The topological polar surface area (TPSA) is 107 Å². The van der Waals surface area contributed by atoms with Crippen LogP contribution in [0, 0.1) is 0 Å². The fourth-order valence-corrected chi connectivity index (χ4v) is 6.06. The van der Waals surface area contributed by atoms with Crippen molar-refractivity contribution in [2.75, 3.05) is 18.5 Å². The molecule has 2 N–H and O–H groups in total. The Morgan fingerprint density at radius 2 is 1.62 bits per heavy atom. The molecule has 1 heterocycles. The van der Waals surface area contributed by atoms with Crippen LogP contribution in [0.1, 0.15) is 91.1 Å². The van der Waals surface area contributed by atoms with Gasteiger partial charge in [-0.3, -0.25) is 14.4 Å². The Balaban J connectivity index is 0.00000202. The van der Waals surface area contributed by atoms with Crippen LogP contribution in [0.2, 0.25) is 0 Å². The summed E-state index contributed by atoms with van der Waals surface area (Å²) < 4.78 is 53.7. The van der Waals surface area contributed by atoms with E-state index in [1.54, 1.807) is 49.4 Å². The van der Waals surface area contributed by atoms with Crippen molar-refractivity contribution in [1.82, 2.24) is 5.32 Å². The minimum atomic E-state index is -4.85. The molecule has 2 amide bonds. The lowest BCUT2D eigenvalue weighted by Crippen LogP contribution is -2.27. The zero-order chi connectivity index (χ0) is 38.4. The van der Waals surface area contributed by atoms with Gasteiger partial charge in [-0.05, 0) is 98.3 Å². The normalized spacial score (nSPS) is 13.0. The van der Waals surface area contributed by atoms with Crippen LogP contribution >= 0.6 is 0 Å². The quantitative estimate of drug-likeness (QED) is 0.0988. The largest absolute Gasteiger partial charge is 0.573 e. The minimum absolute atomic E-state index is 0.0465. The number of aryl methyl sites for hydroxylation is 1. The summed E-state index contributed by atoms with van der Waals surface area (Å²) in [5, 5.41) is 5.71. The van der Waals surface area contributed by atoms with E-state index in [1.165, 1.54) is 24.3 Å². The van der Waals surface area contributed by atoms with Gasteiger partial charge in [0.2, 0.25) is 5.91 Å². The third-order valence-corrected chi connectivity index (χ3v) is 8.39. The first kappa shape index (κ1) is 40.2. The van der Waals surface area contributed by atoms with Crippen molar-refractivity contribution >= 4 is 29.5 Å². The molecule has 280 valence electrons. The van der Waals surface area contributed by atoms with Gasteiger partial charge in [-0.2, -0.15) is 0 Å². The van der Waals surface area contributed by atoms with Crippen LogP contribution in [0.5, 0.6) is 5.75 Å². The molecule has 11 heteroatoms. The van der Waals surface area contributed by atoms with Crippen LogP contribution in [0.25, 0.3) is 17.4 Å². The average Bonchev–Trinajstić information content (AvgIpc) is 3.57. The van der Waals surface area contributed by atoms with E-state index in [9.17, 15) is 27.6 Å². The van der Waals surface area contributed by atoms with Crippen molar-refractivity contribution in [2.45, 2.75) is 71.1 Å². The summed E-state index contributed by atoms with van der Waals surface area (Å²) in [6, 6.07) is 21.5. The lowest BCUT2D eigenvalue weighted by atomic mass is 9.78. The fraction of sp³-hybridized carbons (Fsp3) is 0.310. The highest BCUT2D eigenvalue weighted by molar-refractivity contribution is 5.97. The van der Waals surface area contributed by atoms with E-state index in [2.05, 4.69) is 28.0 Å². The van der Waals surface area contributed by atoms with E-state index >= 15 is 0 Å². The standard InChI is InChI=1S/C39H39F3N2O6.C3H6/c1-3-7-32(25-10-12-28(13-11-25)37(46)43-23-22-35(45)48-4-2)36(27-16-20-31(21-17-27)50-39(40,41)42)38(47)44-30-18-14-26(15-19-30)34-24-29-8-5-6-9-33(29)49-34;1-3-2/h5,8,10-21,24,32,36H,3-4,6-7,9,22-23H2,1-2H3,(H,43,46)(H,44,47);3H,1H2,2H3. The molecule has 0 radical (unpaired) electrons. The summed E-state index contributed by atoms with van der Waals surface area (Å²) in [7, 11) is 0. The molecule has 8 nitrogen and oxygen atoms in total. The summed E-state index contributed by atoms with van der Waals surface area (Å²) >= 11 is 0. The lowest BCUT2D eigenvalue weighted by molar-refractivity contribution is -0.274. The van der Waals surface area contributed by atoms with Crippen molar-refractivity contribution in [2.24, 2.45) is 0 Å². The number of hydrogen-bond acceptors (Lipinski definition) is 6. The summed E-state index contributed by atoms with van der Waals surface area (Å²) in [6.07, 6.45) is 4.15. The van der Waals surface area contributed by atoms with Gasteiger partial charge in [-0.1, -0.05) is 55.8 Å². The third kappa shape index (κ3) is 11.7. The van der Waals surface area contributed by atoms with Gasteiger partial charge in [-0.15, -0.1) is 19.8 Å². The predicted molar refractivity (Wildman–Crippen MR) is 200 cm³/mol. The molecule has 0 saturated carbocycles. The van der Waals surface area contributed by atoms with Gasteiger partial charge < -0.3 is 24.5 Å². The number of rotatable bonds is 14. The molecule has 0 bridgehead atoms. The van der Waals surface area contributed by atoms with Crippen molar-refractivity contribution in [3.8, 4) is 17.1 Å². The summed E-state index contributed by atoms with van der Waals surface area (Å²) in [6.45, 7) is 9.32. The van der Waals surface area contributed by atoms with E-state index in [0.717, 1.165) is 41.1 Å². The van der Waals surface area contributed by atoms with E-state index in [-0.39, 0.29) is 31.4 Å². The fourth-order valence-electron chi connectivity index (χ4n) is 6.06. The second kappa shape index (κ2) is 19.3. The number of ether oxygens (including phenoxy) is 2. The van der Waals surface area contributed by atoms with Gasteiger partial charge in [0.05, 0.1) is 18.9 Å². The number of benzene rings is 3. The van der Waals surface area contributed by atoms with E-state index in [4.69, 9.17) is 9.15 Å². The number of carbonyl (C=O) groups is 3. The Morgan fingerprint density at radius 3 is 2.23 bits per heavy atom. The van der Waals surface area contributed by atoms with Crippen molar-refractivity contribution < 1.29 is 41.4 Å². The third-order valence-electron chi connectivity index (χ3n) is 8.39. The van der Waals surface area contributed by atoms with Crippen LogP contribution < -0.4 is 15.4 Å². The second-order valence-electron chi connectivity index (χ2n) is 12.3. The maximum absolute atomic E-state index is 14.1. The molecule has 53 heavy (non-hydrogen) atoms. The molecule has 2 unspecified atom stereocenters. The van der Waals surface area contributed by atoms with Crippen LogP contribution in [0.15, 0.2) is 102 Å². The molecule has 0 spiro atoms. The Bertz CT molecular complexity index is 1850. The number of alkyl halides is 3. The highest BCUT2D eigenvalue weighted by atomic mass is 19.4. The molecule has 1 aromatic heterocycles. The van der Waals surface area contributed by atoms with Gasteiger partial charge in [-0.25, -0.2) is 0 Å².